The molecule has 0 amide bonds. The molecule has 1 aliphatic rings. The van der Waals surface area contributed by atoms with E-state index >= 15 is 0 Å². The standard InChI is InChI=1S/C11H20N4O/c1-8(2)15-11(10(7-12)13-14-15)9-3-5-16-6-4-9/h8-9H,3-7,12H2,1-2H3. The fourth-order valence-corrected chi connectivity index (χ4v) is 2.25. The zero-order valence-corrected chi connectivity index (χ0v) is 10.0. The quantitative estimate of drug-likeness (QED) is 0.838. The average molecular weight is 224 g/mol. The van der Waals surface area contributed by atoms with Crippen molar-refractivity contribution >= 4 is 0 Å². The molecular weight excluding hydrogens is 204 g/mol. The van der Waals surface area contributed by atoms with Gasteiger partial charge in [0.1, 0.15) is 0 Å². The Balaban J connectivity index is 2.31. The number of aromatic nitrogens is 3. The Kier molecular flexibility index (Phi) is 3.56. The Morgan fingerprint density at radius 1 is 1.44 bits per heavy atom. The molecule has 2 N–H and O–H groups in total. The first kappa shape index (κ1) is 11.5. The maximum atomic E-state index is 5.72. The maximum absolute atomic E-state index is 5.72. The molecule has 2 rings (SSSR count). The van der Waals surface area contributed by atoms with Gasteiger partial charge in [-0.2, -0.15) is 0 Å². The molecule has 0 bridgehead atoms. The van der Waals surface area contributed by atoms with Gasteiger partial charge in [-0.05, 0) is 26.7 Å². The van der Waals surface area contributed by atoms with Gasteiger partial charge in [-0.3, -0.25) is 0 Å². The molecule has 5 heteroatoms. The van der Waals surface area contributed by atoms with E-state index in [1.807, 2.05) is 4.68 Å². The molecule has 0 atom stereocenters. The third-order valence-corrected chi connectivity index (χ3v) is 3.09. The van der Waals surface area contributed by atoms with E-state index in [0.717, 1.165) is 31.7 Å². The van der Waals surface area contributed by atoms with Crippen molar-refractivity contribution < 1.29 is 4.74 Å². The summed E-state index contributed by atoms with van der Waals surface area (Å²) in [5, 5.41) is 8.39. The molecule has 5 nitrogen and oxygen atoms in total. The summed E-state index contributed by atoms with van der Waals surface area (Å²) in [5.41, 5.74) is 7.89. The molecule has 0 spiro atoms. The van der Waals surface area contributed by atoms with Crippen molar-refractivity contribution in [3.63, 3.8) is 0 Å². The summed E-state index contributed by atoms with van der Waals surface area (Å²) in [6.45, 7) is 6.38. The topological polar surface area (TPSA) is 66.0 Å². The Morgan fingerprint density at radius 3 is 2.69 bits per heavy atom. The van der Waals surface area contributed by atoms with Gasteiger partial charge in [0.25, 0.3) is 0 Å². The fourth-order valence-electron chi connectivity index (χ4n) is 2.25. The minimum Gasteiger partial charge on any atom is -0.381 e. The molecule has 1 aromatic rings. The van der Waals surface area contributed by atoms with Crippen LogP contribution < -0.4 is 5.73 Å². The van der Waals surface area contributed by atoms with Crippen molar-refractivity contribution in [3.8, 4) is 0 Å². The molecule has 1 saturated heterocycles. The molecule has 0 aromatic carbocycles. The summed E-state index contributed by atoms with van der Waals surface area (Å²) < 4.78 is 7.40. The molecular formula is C11H20N4O. The molecule has 0 unspecified atom stereocenters. The van der Waals surface area contributed by atoms with Crippen LogP contribution in [-0.2, 0) is 11.3 Å². The second-order valence-electron chi connectivity index (χ2n) is 4.55. The molecule has 2 heterocycles. The molecule has 0 aliphatic carbocycles. The molecule has 90 valence electrons. The van der Waals surface area contributed by atoms with Crippen molar-refractivity contribution in [3.05, 3.63) is 11.4 Å². The number of nitrogens with two attached hydrogens (primary N) is 1. The molecule has 1 aromatic heterocycles. The van der Waals surface area contributed by atoms with E-state index in [1.54, 1.807) is 0 Å². The van der Waals surface area contributed by atoms with Crippen LogP contribution in [0, 0.1) is 0 Å². The van der Waals surface area contributed by atoms with E-state index < -0.39 is 0 Å². The van der Waals surface area contributed by atoms with Crippen LogP contribution in [0.5, 0.6) is 0 Å². The van der Waals surface area contributed by atoms with Crippen LogP contribution >= 0.6 is 0 Å². The van der Waals surface area contributed by atoms with E-state index in [1.165, 1.54) is 5.69 Å². The van der Waals surface area contributed by atoms with Crippen LogP contribution in [0.15, 0.2) is 0 Å². The van der Waals surface area contributed by atoms with Gasteiger partial charge in [-0.15, -0.1) is 5.10 Å². The lowest BCUT2D eigenvalue weighted by Gasteiger charge is -2.24. The first-order chi connectivity index (χ1) is 7.74. The van der Waals surface area contributed by atoms with Gasteiger partial charge >= 0.3 is 0 Å². The van der Waals surface area contributed by atoms with E-state index in [-0.39, 0.29) is 0 Å². The highest BCUT2D eigenvalue weighted by Crippen LogP contribution is 2.29. The Bertz CT molecular complexity index is 342. The smallest absolute Gasteiger partial charge is 0.0997 e. The van der Waals surface area contributed by atoms with Gasteiger partial charge in [-0.1, -0.05) is 5.21 Å². The van der Waals surface area contributed by atoms with Gasteiger partial charge in [-0.25, -0.2) is 4.68 Å². The molecule has 0 saturated carbocycles. The normalized spacial score (nSPS) is 18.2. The number of hydrogen-bond donors (Lipinski definition) is 1. The van der Waals surface area contributed by atoms with Crippen LogP contribution in [0.25, 0.3) is 0 Å². The van der Waals surface area contributed by atoms with Crippen LogP contribution in [0.4, 0.5) is 0 Å². The highest BCUT2D eigenvalue weighted by Gasteiger charge is 2.24. The van der Waals surface area contributed by atoms with Crippen LogP contribution in [0.2, 0.25) is 0 Å². The monoisotopic (exact) mass is 224 g/mol. The van der Waals surface area contributed by atoms with E-state index in [4.69, 9.17) is 10.5 Å². The zero-order chi connectivity index (χ0) is 11.5. The largest absolute Gasteiger partial charge is 0.381 e. The number of hydrogen-bond acceptors (Lipinski definition) is 4. The summed E-state index contributed by atoms with van der Waals surface area (Å²) >= 11 is 0. The van der Waals surface area contributed by atoms with E-state index in [9.17, 15) is 0 Å². The molecule has 1 fully saturated rings. The number of rotatable bonds is 3. The Hall–Kier alpha value is -0.940. The van der Waals surface area contributed by atoms with Gasteiger partial charge in [0, 0.05) is 31.7 Å². The van der Waals surface area contributed by atoms with Gasteiger partial charge in [0.2, 0.25) is 0 Å². The van der Waals surface area contributed by atoms with Crippen molar-refractivity contribution in [2.24, 2.45) is 5.73 Å². The van der Waals surface area contributed by atoms with Gasteiger partial charge in [0.05, 0.1) is 11.4 Å². The predicted octanol–water partition coefficient (Wildman–Crippen LogP) is 1.21. The SMILES string of the molecule is CC(C)n1nnc(CN)c1C1CCOCC1. The van der Waals surface area contributed by atoms with Crippen molar-refractivity contribution in [1.82, 2.24) is 15.0 Å². The Labute approximate surface area is 96.0 Å². The summed E-state index contributed by atoms with van der Waals surface area (Å²) in [5.74, 6) is 0.504. The summed E-state index contributed by atoms with van der Waals surface area (Å²) in [4.78, 5) is 0. The highest BCUT2D eigenvalue weighted by molar-refractivity contribution is 5.16. The Morgan fingerprint density at radius 2 is 2.12 bits per heavy atom. The maximum Gasteiger partial charge on any atom is 0.0997 e. The zero-order valence-electron chi connectivity index (χ0n) is 10.0. The fraction of sp³-hybridized carbons (Fsp3) is 0.818. The lowest BCUT2D eigenvalue weighted by atomic mass is 9.94. The second-order valence-corrected chi connectivity index (χ2v) is 4.55. The van der Waals surface area contributed by atoms with E-state index in [2.05, 4.69) is 24.2 Å². The number of ether oxygens (including phenoxy) is 1. The summed E-state index contributed by atoms with van der Waals surface area (Å²) in [6.07, 6.45) is 2.10. The van der Waals surface area contributed by atoms with Crippen LogP contribution in [0.3, 0.4) is 0 Å². The first-order valence-electron chi connectivity index (χ1n) is 5.95. The molecule has 0 radical (unpaired) electrons. The van der Waals surface area contributed by atoms with Crippen molar-refractivity contribution in [2.45, 2.75) is 45.2 Å². The lowest BCUT2D eigenvalue weighted by Crippen LogP contribution is -2.20. The highest BCUT2D eigenvalue weighted by atomic mass is 16.5. The van der Waals surface area contributed by atoms with Crippen LogP contribution in [0.1, 0.15) is 50.0 Å². The summed E-state index contributed by atoms with van der Waals surface area (Å²) in [6, 6.07) is 0.339. The third kappa shape index (κ3) is 2.10. The predicted molar refractivity (Wildman–Crippen MR) is 61.1 cm³/mol. The van der Waals surface area contributed by atoms with Crippen molar-refractivity contribution in [2.75, 3.05) is 13.2 Å². The third-order valence-electron chi connectivity index (χ3n) is 3.09. The van der Waals surface area contributed by atoms with Gasteiger partial charge in [0.15, 0.2) is 0 Å². The first-order valence-corrected chi connectivity index (χ1v) is 5.95. The van der Waals surface area contributed by atoms with Crippen LogP contribution in [-0.4, -0.2) is 28.2 Å². The minimum atomic E-state index is 0.339. The van der Waals surface area contributed by atoms with Crippen molar-refractivity contribution in [1.29, 1.82) is 0 Å². The average Bonchev–Trinajstić information content (AvgIpc) is 2.73. The molecule has 1 aliphatic heterocycles. The minimum absolute atomic E-state index is 0.339. The van der Waals surface area contributed by atoms with E-state index in [0.29, 0.717) is 18.5 Å². The second kappa shape index (κ2) is 4.93. The van der Waals surface area contributed by atoms with Gasteiger partial charge < -0.3 is 10.5 Å². The number of nitrogens with zero attached hydrogens (tertiary/aromatic N) is 3. The molecule has 16 heavy (non-hydrogen) atoms. The summed E-state index contributed by atoms with van der Waals surface area (Å²) in [7, 11) is 0. The lowest BCUT2D eigenvalue weighted by molar-refractivity contribution is 0.0830.